The Kier molecular flexibility index (Phi) is 5.96. The van der Waals surface area contributed by atoms with Crippen LogP contribution in [0.25, 0.3) is 10.9 Å². The first-order chi connectivity index (χ1) is 14.7. The lowest BCUT2D eigenvalue weighted by molar-refractivity contribution is 0.0925. The molecule has 0 bridgehead atoms. The Labute approximate surface area is 180 Å². The molecule has 6 nitrogen and oxygen atoms in total. The van der Waals surface area contributed by atoms with Crippen LogP contribution in [0.3, 0.4) is 0 Å². The summed E-state index contributed by atoms with van der Waals surface area (Å²) in [4.78, 5) is 15.7. The van der Waals surface area contributed by atoms with Crippen molar-refractivity contribution in [3.8, 4) is 0 Å². The number of hydrogen-bond donors (Lipinski definition) is 1. The summed E-state index contributed by atoms with van der Waals surface area (Å²) in [5, 5.41) is 0.850. The van der Waals surface area contributed by atoms with E-state index in [-0.39, 0.29) is 29.6 Å². The van der Waals surface area contributed by atoms with Crippen LogP contribution in [0.4, 0.5) is 4.39 Å². The van der Waals surface area contributed by atoms with Gasteiger partial charge in [-0.05, 0) is 74.0 Å². The molecule has 31 heavy (non-hydrogen) atoms. The van der Waals surface area contributed by atoms with Gasteiger partial charge in [-0.3, -0.25) is 4.79 Å². The van der Waals surface area contributed by atoms with E-state index in [1.54, 1.807) is 6.07 Å². The summed E-state index contributed by atoms with van der Waals surface area (Å²) < 4.78 is 47.0. The van der Waals surface area contributed by atoms with E-state index in [0.29, 0.717) is 12.2 Å². The molecule has 164 valence electrons. The van der Waals surface area contributed by atoms with Crippen LogP contribution in [0, 0.1) is 19.7 Å². The fourth-order valence-corrected chi connectivity index (χ4v) is 5.51. The van der Waals surface area contributed by atoms with E-state index in [4.69, 9.17) is 4.74 Å². The molecule has 0 saturated carbocycles. The van der Waals surface area contributed by atoms with Crippen molar-refractivity contribution in [2.24, 2.45) is 0 Å². The fraction of sp³-hybridized carbons (Fsp3) is 0.348. The summed E-state index contributed by atoms with van der Waals surface area (Å²) in [6, 6.07) is 10.4. The van der Waals surface area contributed by atoms with E-state index in [1.807, 2.05) is 26.0 Å². The molecular weight excluding hydrogens is 419 g/mol. The van der Waals surface area contributed by atoms with Crippen LogP contribution >= 0.6 is 0 Å². The Morgan fingerprint density at radius 1 is 1.16 bits per heavy atom. The van der Waals surface area contributed by atoms with Crippen molar-refractivity contribution < 1.29 is 17.5 Å². The highest BCUT2D eigenvalue weighted by Gasteiger charge is 2.30. The molecule has 1 aromatic heterocycles. The molecule has 0 spiro atoms. The maximum Gasteiger partial charge on any atom is 0.252 e. The highest BCUT2D eigenvalue weighted by atomic mass is 32.2. The number of pyridine rings is 1. The van der Waals surface area contributed by atoms with Gasteiger partial charge in [0.05, 0.1) is 16.5 Å². The third-order valence-electron chi connectivity index (χ3n) is 5.60. The smallest absolute Gasteiger partial charge is 0.252 e. The van der Waals surface area contributed by atoms with E-state index in [9.17, 15) is 17.6 Å². The Morgan fingerprint density at radius 3 is 2.58 bits per heavy atom. The Balaban J connectivity index is 1.74. The van der Waals surface area contributed by atoms with Gasteiger partial charge in [0, 0.05) is 25.3 Å². The van der Waals surface area contributed by atoms with Crippen molar-refractivity contribution in [1.82, 2.24) is 9.29 Å². The van der Waals surface area contributed by atoms with Gasteiger partial charge in [-0.1, -0.05) is 11.6 Å². The number of aryl methyl sites for hydroxylation is 2. The summed E-state index contributed by atoms with van der Waals surface area (Å²) in [5.74, 6) is -0.513. The Bertz CT molecular complexity index is 1260. The van der Waals surface area contributed by atoms with Gasteiger partial charge in [-0.25, -0.2) is 12.8 Å². The molecule has 1 saturated heterocycles. The molecule has 0 amide bonds. The van der Waals surface area contributed by atoms with Gasteiger partial charge in [-0.15, -0.1) is 0 Å². The highest BCUT2D eigenvalue weighted by molar-refractivity contribution is 7.89. The summed E-state index contributed by atoms with van der Waals surface area (Å²) in [6.07, 6.45) is 1.38. The number of fused-ring (bicyclic) bond motifs is 1. The zero-order valence-electron chi connectivity index (χ0n) is 17.5. The fourth-order valence-electron chi connectivity index (χ4n) is 4.06. The zero-order chi connectivity index (χ0) is 22.2. The normalized spacial score (nSPS) is 17.0. The van der Waals surface area contributed by atoms with E-state index in [1.165, 1.54) is 16.4 Å². The van der Waals surface area contributed by atoms with Crippen molar-refractivity contribution in [1.29, 1.82) is 0 Å². The van der Waals surface area contributed by atoms with E-state index < -0.39 is 15.8 Å². The topological polar surface area (TPSA) is 79.5 Å². The minimum Gasteiger partial charge on any atom is -0.377 e. The van der Waals surface area contributed by atoms with Crippen LogP contribution in [0.2, 0.25) is 0 Å². The summed E-state index contributed by atoms with van der Waals surface area (Å²) in [6.45, 7) is 4.51. The van der Waals surface area contributed by atoms with Crippen LogP contribution in [0.1, 0.15) is 29.5 Å². The van der Waals surface area contributed by atoms with E-state index in [0.717, 1.165) is 47.0 Å². The number of hydrogen-bond acceptors (Lipinski definition) is 4. The number of sulfonamides is 1. The van der Waals surface area contributed by atoms with Crippen LogP contribution < -0.4 is 5.56 Å². The van der Waals surface area contributed by atoms with Crippen molar-refractivity contribution in [3.05, 3.63) is 75.3 Å². The second-order valence-electron chi connectivity index (χ2n) is 8.06. The Hall–Kier alpha value is -2.55. The third-order valence-corrected chi connectivity index (χ3v) is 7.43. The maximum absolute atomic E-state index is 13.4. The largest absolute Gasteiger partial charge is 0.377 e. The first-order valence-corrected chi connectivity index (χ1v) is 11.7. The average molecular weight is 445 g/mol. The minimum atomic E-state index is -3.96. The second kappa shape index (κ2) is 8.53. The number of aromatic amines is 1. The molecular formula is C23H25FN2O4S. The molecule has 4 rings (SSSR count). The van der Waals surface area contributed by atoms with Gasteiger partial charge in [-0.2, -0.15) is 4.31 Å². The molecule has 0 radical (unpaired) electrons. The number of rotatable bonds is 6. The van der Waals surface area contributed by atoms with Gasteiger partial charge in [0.15, 0.2) is 0 Å². The molecule has 0 aliphatic carbocycles. The van der Waals surface area contributed by atoms with Gasteiger partial charge in [0.1, 0.15) is 5.82 Å². The van der Waals surface area contributed by atoms with Crippen LogP contribution in [-0.4, -0.2) is 37.0 Å². The monoisotopic (exact) mass is 444 g/mol. The standard InChI is InChI=1S/C23H25FN2O4S/c1-15-10-16(2)22-17(11-15)12-18(23(27)25-22)13-26(14-20-4-3-9-30-20)31(28,29)21-7-5-19(24)6-8-21/h5-8,10-12,20H,3-4,9,13-14H2,1-2H3,(H,25,27). The van der Waals surface area contributed by atoms with E-state index in [2.05, 4.69) is 4.98 Å². The zero-order valence-corrected chi connectivity index (χ0v) is 18.3. The number of halogens is 1. The lowest BCUT2D eigenvalue weighted by Gasteiger charge is -2.25. The maximum atomic E-state index is 13.4. The van der Waals surface area contributed by atoms with E-state index >= 15 is 0 Å². The molecule has 1 unspecified atom stereocenters. The lowest BCUT2D eigenvalue weighted by atomic mass is 10.1. The first kappa shape index (κ1) is 21.7. The number of benzene rings is 2. The predicted molar refractivity (Wildman–Crippen MR) is 117 cm³/mol. The number of nitrogens with one attached hydrogen (secondary N) is 1. The lowest BCUT2D eigenvalue weighted by Crippen LogP contribution is -2.38. The molecule has 2 heterocycles. The summed E-state index contributed by atoms with van der Waals surface area (Å²) in [5.41, 5.74) is 2.77. The van der Waals surface area contributed by atoms with Crippen molar-refractivity contribution in [2.45, 2.75) is 44.2 Å². The molecule has 1 atom stereocenters. The summed E-state index contributed by atoms with van der Waals surface area (Å²) in [7, 11) is -3.96. The SMILES string of the molecule is Cc1cc(C)c2[nH]c(=O)c(CN(CC3CCCO3)S(=O)(=O)c3ccc(F)cc3)cc2c1. The molecule has 1 fully saturated rings. The highest BCUT2D eigenvalue weighted by Crippen LogP contribution is 2.24. The number of H-pyrrole nitrogens is 1. The molecule has 1 aliphatic rings. The van der Waals surface area contributed by atoms with Crippen LogP contribution in [0.5, 0.6) is 0 Å². The van der Waals surface area contributed by atoms with Gasteiger partial charge in [0.25, 0.3) is 5.56 Å². The molecule has 1 aliphatic heterocycles. The Morgan fingerprint density at radius 2 is 1.90 bits per heavy atom. The number of ether oxygens (including phenoxy) is 1. The van der Waals surface area contributed by atoms with Crippen LogP contribution in [0.15, 0.2) is 52.2 Å². The van der Waals surface area contributed by atoms with Crippen molar-refractivity contribution in [2.75, 3.05) is 13.2 Å². The van der Waals surface area contributed by atoms with Crippen molar-refractivity contribution >= 4 is 20.9 Å². The van der Waals surface area contributed by atoms with Gasteiger partial charge < -0.3 is 9.72 Å². The first-order valence-electron chi connectivity index (χ1n) is 10.2. The van der Waals surface area contributed by atoms with Crippen LogP contribution in [-0.2, 0) is 21.3 Å². The quantitative estimate of drug-likeness (QED) is 0.629. The summed E-state index contributed by atoms with van der Waals surface area (Å²) >= 11 is 0. The second-order valence-corrected chi connectivity index (χ2v) is 9.99. The molecule has 1 N–H and O–H groups in total. The van der Waals surface area contributed by atoms with Crippen molar-refractivity contribution in [3.63, 3.8) is 0 Å². The number of aromatic nitrogens is 1. The minimum absolute atomic E-state index is 0.0178. The van der Waals surface area contributed by atoms with Gasteiger partial charge in [0.2, 0.25) is 10.0 Å². The molecule has 2 aromatic carbocycles. The average Bonchev–Trinajstić information content (AvgIpc) is 3.22. The number of nitrogens with zero attached hydrogens (tertiary/aromatic N) is 1. The molecule has 8 heteroatoms. The van der Waals surface area contributed by atoms with Gasteiger partial charge >= 0.3 is 0 Å². The third kappa shape index (κ3) is 4.56. The predicted octanol–water partition coefficient (Wildman–Crippen LogP) is 3.65. The molecule has 3 aromatic rings.